The highest BCUT2D eigenvalue weighted by Crippen LogP contribution is 2.36. The van der Waals surface area contributed by atoms with E-state index < -0.39 is 0 Å². The Morgan fingerprint density at radius 3 is 2.81 bits per heavy atom. The molecule has 1 aliphatic rings. The number of methoxy groups -OCH3 is 1. The number of carbonyl (C=O) groups is 1. The minimum absolute atomic E-state index is 0.151. The molecule has 3 heterocycles. The van der Waals surface area contributed by atoms with Crippen LogP contribution in [-0.2, 0) is 6.54 Å². The SMILES string of the molecule is COc1cc(CN)ccc1NC(=O)c1cc2sc(N3CCCC3)nc2s1. The summed E-state index contributed by atoms with van der Waals surface area (Å²) >= 11 is 3.08. The van der Waals surface area contributed by atoms with Gasteiger partial charge in [0.15, 0.2) is 5.13 Å². The molecule has 3 aromatic rings. The van der Waals surface area contributed by atoms with Crippen molar-refractivity contribution < 1.29 is 9.53 Å². The van der Waals surface area contributed by atoms with Gasteiger partial charge in [0.2, 0.25) is 0 Å². The van der Waals surface area contributed by atoms with E-state index in [2.05, 4.69) is 10.2 Å². The third kappa shape index (κ3) is 3.27. The van der Waals surface area contributed by atoms with E-state index in [9.17, 15) is 4.79 Å². The lowest BCUT2D eigenvalue weighted by Crippen LogP contribution is -2.16. The summed E-state index contributed by atoms with van der Waals surface area (Å²) in [6, 6.07) is 7.47. The van der Waals surface area contributed by atoms with Gasteiger partial charge in [-0.3, -0.25) is 4.79 Å². The number of thiazole rings is 1. The van der Waals surface area contributed by atoms with Crippen LogP contribution in [0.15, 0.2) is 24.3 Å². The second-order valence-corrected chi connectivity index (χ2v) is 8.20. The fourth-order valence-corrected chi connectivity index (χ4v) is 5.19. The number of carbonyl (C=O) groups excluding carboxylic acids is 1. The molecule has 0 bridgehead atoms. The number of ether oxygens (including phenoxy) is 1. The van der Waals surface area contributed by atoms with Crippen LogP contribution < -0.4 is 20.7 Å². The summed E-state index contributed by atoms with van der Waals surface area (Å²) in [5.74, 6) is 0.454. The zero-order valence-electron chi connectivity index (χ0n) is 14.4. The number of anilines is 2. The summed E-state index contributed by atoms with van der Waals surface area (Å²) in [4.78, 5) is 21.2. The van der Waals surface area contributed by atoms with E-state index in [4.69, 9.17) is 15.5 Å². The Hall–Kier alpha value is -2.16. The molecule has 0 radical (unpaired) electrons. The van der Waals surface area contributed by atoms with Gasteiger partial charge in [-0.1, -0.05) is 17.4 Å². The minimum atomic E-state index is -0.151. The van der Waals surface area contributed by atoms with Gasteiger partial charge in [-0.2, -0.15) is 0 Å². The molecule has 136 valence electrons. The fourth-order valence-electron chi connectivity index (χ4n) is 3.03. The largest absolute Gasteiger partial charge is 0.495 e. The van der Waals surface area contributed by atoms with Gasteiger partial charge in [0.25, 0.3) is 5.91 Å². The molecule has 6 nitrogen and oxygen atoms in total. The normalized spacial score (nSPS) is 14.2. The lowest BCUT2D eigenvalue weighted by molar-refractivity contribution is 0.103. The molecule has 0 spiro atoms. The fraction of sp³-hybridized carbons (Fsp3) is 0.333. The van der Waals surface area contributed by atoms with Crippen molar-refractivity contribution in [2.24, 2.45) is 5.73 Å². The lowest BCUT2D eigenvalue weighted by atomic mass is 10.2. The Balaban J connectivity index is 1.53. The van der Waals surface area contributed by atoms with Gasteiger partial charge >= 0.3 is 0 Å². The zero-order chi connectivity index (χ0) is 18.1. The molecule has 1 aliphatic heterocycles. The molecule has 1 fully saturated rings. The second kappa shape index (κ2) is 7.22. The van der Waals surface area contributed by atoms with Crippen LogP contribution in [0.25, 0.3) is 9.53 Å². The van der Waals surface area contributed by atoms with Gasteiger partial charge in [0, 0.05) is 19.6 Å². The van der Waals surface area contributed by atoms with Crippen LogP contribution in [0.4, 0.5) is 10.8 Å². The Morgan fingerprint density at radius 2 is 2.12 bits per heavy atom. The first-order valence-electron chi connectivity index (χ1n) is 8.51. The van der Waals surface area contributed by atoms with Gasteiger partial charge in [-0.15, -0.1) is 11.3 Å². The number of hydrogen-bond donors (Lipinski definition) is 2. The van der Waals surface area contributed by atoms with Crippen LogP contribution in [0.5, 0.6) is 5.75 Å². The monoisotopic (exact) mass is 388 g/mol. The summed E-state index contributed by atoms with van der Waals surface area (Å²) in [5.41, 5.74) is 7.24. The van der Waals surface area contributed by atoms with Crippen LogP contribution in [-0.4, -0.2) is 31.1 Å². The Labute approximate surface area is 159 Å². The number of benzene rings is 1. The molecule has 1 amide bonds. The first kappa shape index (κ1) is 17.3. The van der Waals surface area contributed by atoms with Crippen LogP contribution in [0.2, 0.25) is 0 Å². The molecule has 0 saturated carbocycles. The summed E-state index contributed by atoms with van der Waals surface area (Å²) in [7, 11) is 1.58. The van der Waals surface area contributed by atoms with Crippen molar-refractivity contribution in [3.05, 3.63) is 34.7 Å². The quantitative estimate of drug-likeness (QED) is 0.697. The second-order valence-electron chi connectivity index (χ2n) is 6.16. The molecule has 3 N–H and O–H groups in total. The average molecular weight is 389 g/mol. The van der Waals surface area contributed by atoms with Crippen molar-refractivity contribution in [3.8, 4) is 5.75 Å². The van der Waals surface area contributed by atoms with E-state index in [1.807, 2.05) is 24.3 Å². The Morgan fingerprint density at radius 1 is 1.31 bits per heavy atom. The number of aromatic nitrogens is 1. The molecule has 2 aromatic heterocycles. The molecule has 1 saturated heterocycles. The van der Waals surface area contributed by atoms with Crippen molar-refractivity contribution in [1.82, 2.24) is 4.98 Å². The Kier molecular flexibility index (Phi) is 4.80. The number of rotatable bonds is 5. The molecule has 8 heteroatoms. The predicted octanol–water partition coefficient (Wildman–Crippen LogP) is 3.68. The van der Waals surface area contributed by atoms with Crippen LogP contribution in [0.1, 0.15) is 28.1 Å². The molecule has 1 aromatic carbocycles. The van der Waals surface area contributed by atoms with Crippen molar-refractivity contribution in [2.75, 3.05) is 30.4 Å². The molecular weight excluding hydrogens is 368 g/mol. The number of hydrogen-bond acceptors (Lipinski definition) is 7. The highest BCUT2D eigenvalue weighted by molar-refractivity contribution is 7.29. The molecular formula is C18H20N4O2S2. The third-order valence-electron chi connectivity index (χ3n) is 4.43. The number of thiophene rings is 1. The van der Waals surface area contributed by atoms with Crippen molar-refractivity contribution >= 4 is 48.9 Å². The number of amides is 1. The van der Waals surface area contributed by atoms with E-state index in [0.717, 1.165) is 33.3 Å². The number of nitrogens with two attached hydrogens (primary N) is 1. The minimum Gasteiger partial charge on any atom is -0.495 e. The summed E-state index contributed by atoms with van der Waals surface area (Å²) < 4.78 is 6.42. The smallest absolute Gasteiger partial charge is 0.265 e. The van der Waals surface area contributed by atoms with Crippen molar-refractivity contribution in [3.63, 3.8) is 0 Å². The maximum absolute atomic E-state index is 12.6. The van der Waals surface area contributed by atoms with Crippen LogP contribution in [0.3, 0.4) is 0 Å². The molecule has 4 rings (SSSR count). The summed E-state index contributed by atoms with van der Waals surface area (Å²) in [5, 5.41) is 3.99. The topological polar surface area (TPSA) is 80.5 Å². The first-order valence-corrected chi connectivity index (χ1v) is 10.1. The predicted molar refractivity (Wildman–Crippen MR) is 108 cm³/mol. The van der Waals surface area contributed by atoms with Crippen molar-refractivity contribution in [1.29, 1.82) is 0 Å². The van der Waals surface area contributed by atoms with E-state index in [1.165, 1.54) is 24.2 Å². The average Bonchev–Trinajstić information content (AvgIpc) is 3.37. The Bertz CT molecular complexity index is 912. The lowest BCUT2D eigenvalue weighted by Gasteiger charge is -2.12. The highest BCUT2D eigenvalue weighted by atomic mass is 32.1. The first-order chi connectivity index (χ1) is 12.7. The number of nitrogens with zero attached hydrogens (tertiary/aromatic N) is 2. The van der Waals surface area contributed by atoms with Crippen LogP contribution >= 0.6 is 22.7 Å². The van der Waals surface area contributed by atoms with E-state index in [1.54, 1.807) is 18.4 Å². The van der Waals surface area contributed by atoms with Gasteiger partial charge in [0.05, 0.1) is 22.4 Å². The molecule has 0 aliphatic carbocycles. The van der Waals surface area contributed by atoms with Gasteiger partial charge in [0.1, 0.15) is 10.6 Å². The maximum atomic E-state index is 12.6. The third-order valence-corrected chi connectivity index (χ3v) is 6.65. The van der Waals surface area contributed by atoms with Crippen molar-refractivity contribution in [2.45, 2.75) is 19.4 Å². The van der Waals surface area contributed by atoms with E-state index in [0.29, 0.717) is 22.9 Å². The standard InChI is InChI=1S/C18H20N4O2S2/c1-24-13-8-11(10-19)4-5-12(13)20-16(23)14-9-15-17(25-14)21-18(26-15)22-6-2-3-7-22/h4-5,8-9H,2-3,6-7,10,19H2,1H3,(H,20,23). The number of nitrogens with one attached hydrogen (secondary N) is 1. The molecule has 0 unspecified atom stereocenters. The number of fused-ring (bicyclic) bond motifs is 1. The molecule has 26 heavy (non-hydrogen) atoms. The highest BCUT2D eigenvalue weighted by Gasteiger charge is 2.20. The van der Waals surface area contributed by atoms with Crippen LogP contribution in [0, 0.1) is 0 Å². The van der Waals surface area contributed by atoms with E-state index >= 15 is 0 Å². The zero-order valence-corrected chi connectivity index (χ0v) is 16.1. The van der Waals surface area contributed by atoms with Gasteiger partial charge in [-0.25, -0.2) is 4.98 Å². The summed E-state index contributed by atoms with van der Waals surface area (Å²) in [6.45, 7) is 2.58. The van der Waals surface area contributed by atoms with Gasteiger partial charge in [-0.05, 0) is 36.6 Å². The van der Waals surface area contributed by atoms with E-state index in [-0.39, 0.29) is 5.91 Å². The summed E-state index contributed by atoms with van der Waals surface area (Å²) in [6.07, 6.45) is 2.46. The molecule has 0 atom stereocenters. The van der Waals surface area contributed by atoms with Gasteiger partial charge < -0.3 is 20.7 Å². The maximum Gasteiger partial charge on any atom is 0.265 e.